The number of aromatic nitrogens is 1. The fourth-order valence-corrected chi connectivity index (χ4v) is 2.96. The van der Waals surface area contributed by atoms with Gasteiger partial charge < -0.3 is 9.73 Å². The van der Waals surface area contributed by atoms with Gasteiger partial charge in [0.05, 0.1) is 6.26 Å². The summed E-state index contributed by atoms with van der Waals surface area (Å²) in [5.41, 5.74) is 2.88. The molecule has 2 heterocycles. The van der Waals surface area contributed by atoms with Gasteiger partial charge in [-0.3, -0.25) is 9.78 Å². The van der Waals surface area contributed by atoms with Crippen LogP contribution in [0.4, 0.5) is 0 Å². The summed E-state index contributed by atoms with van der Waals surface area (Å²) < 4.78 is 5.41. The van der Waals surface area contributed by atoms with Gasteiger partial charge in [0.25, 0.3) is 0 Å². The van der Waals surface area contributed by atoms with Crippen LogP contribution in [0.3, 0.4) is 0 Å². The number of rotatable bonds is 7. The number of aryl methyl sites for hydroxylation is 1. The lowest BCUT2D eigenvalue weighted by atomic mass is 10.1. The molecule has 1 amide bonds. The van der Waals surface area contributed by atoms with Gasteiger partial charge >= 0.3 is 0 Å². The Hall–Kier alpha value is -2.53. The van der Waals surface area contributed by atoms with Crippen molar-refractivity contribution in [2.24, 2.45) is 0 Å². The number of nitrogens with one attached hydrogen (secondary N) is 1. The molecule has 25 heavy (non-hydrogen) atoms. The Kier molecular flexibility index (Phi) is 5.90. The first-order chi connectivity index (χ1) is 12.3. The highest BCUT2D eigenvalue weighted by Crippen LogP contribution is 2.21. The summed E-state index contributed by atoms with van der Waals surface area (Å²) in [6, 6.07) is 15.8. The quantitative estimate of drug-likeness (QED) is 0.644. The van der Waals surface area contributed by atoms with Gasteiger partial charge in [-0.1, -0.05) is 18.2 Å². The molecular formula is C20H20N2O2S. The highest BCUT2D eigenvalue weighted by Gasteiger charge is 2.10. The molecule has 0 saturated heterocycles. The van der Waals surface area contributed by atoms with Crippen molar-refractivity contribution >= 4 is 17.7 Å². The Labute approximate surface area is 151 Å². The maximum Gasteiger partial charge on any atom is 0.220 e. The summed E-state index contributed by atoms with van der Waals surface area (Å²) >= 11 is 1.71. The molecular weight excluding hydrogens is 332 g/mol. The number of carbonyl (C=O) groups excluding carboxylic acids is 1. The van der Waals surface area contributed by atoms with Crippen LogP contribution >= 0.6 is 11.8 Å². The van der Waals surface area contributed by atoms with Crippen LogP contribution in [0.1, 0.15) is 17.5 Å². The average molecular weight is 352 g/mol. The van der Waals surface area contributed by atoms with E-state index in [2.05, 4.69) is 40.8 Å². The molecule has 0 bridgehead atoms. The zero-order valence-electron chi connectivity index (χ0n) is 14.1. The third kappa shape index (κ3) is 4.73. The summed E-state index contributed by atoms with van der Waals surface area (Å²) in [4.78, 5) is 17.7. The third-order valence-corrected chi connectivity index (χ3v) is 4.67. The van der Waals surface area contributed by atoms with Crippen molar-refractivity contribution in [2.45, 2.75) is 24.3 Å². The van der Waals surface area contributed by atoms with E-state index in [-0.39, 0.29) is 5.91 Å². The standard InChI is InChI=1S/C20H20N2O2S/c1-25-17-9-6-15(7-10-17)8-11-19(23)22-14-16-4-2-12-21-20(16)18-5-3-13-24-18/h2-7,9-10,12-13H,8,11,14H2,1H3,(H,22,23). The van der Waals surface area contributed by atoms with Crippen LogP contribution in [0.25, 0.3) is 11.5 Å². The smallest absolute Gasteiger partial charge is 0.220 e. The second kappa shape index (κ2) is 8.53. The Morgan fingerprint density at radius 3 is 2.72 bits per heavy atom. The van der Waals surface area contributed by atoms with E-state index in [0.29, 0.717) is 18.7 Å². The number of benzene rings is 1. The lowest BCUT2D eigenvalue weighted by Crippen LogP contribution is -2.23. The average Bonchev–Trinajstić information content (AvgIpc) is 3.20. The predicted molar refractivity (Wildman–Crippen MR) is 100 cm³/mol. The van der Waals surface area contributed by atoms with Crippen molar-refractivity contribution in [3.8, 4) is 11.5 Å². The molecule has 2 aromatic heterocycles. The number of furan rings is 1. The van der Waals surface area contributed by atoms with E-state index >= 15 is 0 Å². The summed E-state index contributed by atoms with van der Waals surface area (Å²) in [6.07, 6.45) is 6.60. The molecule has 0 fully saturated rings. The van der Waals surface area contributed by atoms with Crippen molar-refractivity contribution in [3.63, 3.8) is 0 Å². The number of pyridine rings is 1. The molecule has 128 valence electrons. The Bertz CT molecular complexity index is 814. The van der Waals surface area contributed by atoms with Crippen molar-refractivity contribution in [1.29, 1.82) is 0 Å². The van der Waals surface area contributed by atoms with E-state index in [1.807, 2.05) is 24.3 Å². The molecule has 0 spiro atoms. The number of hydrogen-bond acceptors (Lipinski definition) is 4. The van der Waals surface area contributed by atoms with Crippen LogP contribution in [0.15, 0.2) is 70.3 Å². The fourth-order valence-electron chi connectivity index (χ4n) is 2.55. The fraction of sp³-hybridized carbons (Fsp3) is 0.200. The monoisotopic (exact) mass is 352 g/mol. The molecule has 0 radical (unpaired) electrons. The van der Waals surface area contributed by atoms with E-state index in [0.717, 1.165) is 17.7 Å². The van der Waals surface area contributed by atoms with Crippen LogP contribution in [-0.4, -0.2) is 17.1 Å². The second-order valence-corrected chi connectivity index (χ2v) is 6.49. The van der Waals surface area contributed by atoms with Gasteiger partial charge in [-0.05, 0) is 48.6 Å². The van der Waals surface area contributed by atoms with Gasteiger partial charge in [-0.25, -0.2) is 0 Å². The molecule has 0 atom stereocenters. The third-order valence-electron chi connectivity index (χ3n) is 3.92. The number of carbonyl (C=O) groups is 1. The van der Waals surface area contributed by atoms with E-state index in [1.54, 1.807) is 24.2 Å². The van der Waals surface area contributed by atoms with Gasteiger partial charge in [0.1, 0.15) is 5.69 Å². The number of thioether (sulfide) groups is 1. The minimum absolute atomic E-state index is 0.0307. The van der Waals surface area contributed by atoms with Crippen molar-refractivity contribution in [1.82, 2.24) is 10.3 Å². The highest BCUT2D eigenvalue weighted by molar-refractivity contribution is 7.98. The molecule has 5 heteroatoms. The number of nitrogens with zero attached hydrogens (tertiary/aromatic N) is 1. The molecule has 4 nitrogen and oxygen atoms in total. The maximum absolute atomic E-state index is 12.2. The summed E-state index contributed by atoms with van der Waals surface area (Å²) in [7, 11) is 0. The van der Waals surface area contributed by atoms with Crippen molar-refractivity contribution < 1.29 is 9.21 Å². The first-order valence-corrected chi connectivity index (χ1v) is 9.36. The van der Waals surface area contributed by atoms with Crippen LogP contribution in [0.2, 0.25) is 0 Å². The molecule has 0 saturated carbocycles. The summed E-state index contributed by atoms with van der Waals surface area (Å²) in [5.74, 6) is 0.738. The molecule has 0 aliphatic carbocycles. The highest BCUT2D eigenvalue weighted by atomic mass is 32.2. The summed E-state index contributed by atoms with van der Waals surface area (Å²) in [5, 5.41) is 2.97. The SMILES string of the molecule is CSc1ccc(CCC(=O)NCc2cccnc2-c2ccco2)cc1. The van der Waals surface area contributed by atoms with E-state index in [9.17, 15) is 4.79 Å². The Balaban J connectivity index is 1.54. The molecule has 3 rings (SSSR count). The van der Waals surface area contributed by atoms with Crippen molar-refractivity contribution in [2.75, 3.05) is 6.26 Å². The van der Waals surface area contributed by atoms with Gasteiger partial charge in [-0.2, -0.15) is 0 Å². The minimum atomic E-state index is 0.0307. The minimum Gasteiger partial charge on any atom is -0.463 e. The molecule has 0 aliphatic rings. The van der Waals surface area contributed by atoms with Gasteiger partial charge in [0.2, 0.25) is 5.91 Å². The van der Waals surface area contributed by atoms with Gasteiger partial charge in [0, 0.05) is 29.6 Å². The van der Waals surface area contributed by atoms with Gasteiger partial charge in [-0.15, -0.1) is 11.8 Å². The van der Waals surface area contributed by atoms with Crippen molar-refractivity contribution in [3.05, 3.63) is 72.1 Å². The lowest BCUT2D eigenvalue weighted by Gasteiger charge is -2.08. The van der Waals surface area contributed by atoms with E-state index in [4.69, 9.17) is 4.42 Å². The first kappa shape index (κ1) is 17.3. The van der Waals surface area contributed by atoms with Crippen LogP contribution in [0.5, 0.6) is 0 Å². The van der Waals surface area contributed by atoms with E-state index in [1.165, 1.54) is 10.5 Å². The zero-order valence-corrected chi connectivity index (χ0v) is 14.9. The topological polar surface area (TPSA) is 55.1 Å². The number of amides is 1. The first-order valence-electron chi connectivity index (χ1n) is 8.13. The maximum atomic E-state index is 12.2. The normalized spacial score (nSPS) is 10.6. The zero-order chi connectivity index (χ0) is 17.5. The Morgan fingerprint density at radius 1 is 1.16 bits per heavy atom. The predicted octanol–water partition coefficient (Wildman–Crippen LogP) is 4.31. The molecule has 0 unspecified atom stereocenters. The van der Waals surface area contributed by atoms with Crippen LogP contribution in [0, 0.1) is 0 Å². The summed E-state index contributed by atoms with van der Waals surface area (Å²) in [6.45, 7) is 0.439. The number of hydrogen-bond donors (Lipinski definition) is 1. The van der Waals surface area contributed by atoms with Gasteiger partial charge in [0.15, 0.2) is 5.76 Å². The Morgan fingerprint density at radius 2 is 2.00 bits per heavy atom. The molecule has 0 aliphatic heterocycles. The van der Waals surface area contributed by atoms with Crippen LogP contribution < -0.4 is 5.32 Å². The second-order valence-electron chi connectivity index (χ2n) is 5.61. The lowest BCUT2D eigenvalue weighted by molar-refractivity contribution is -0.121. The van der Waals surface area contributed by atoms with Crippen LogP contribution in [-0.2, 0) is 17.8 Å². The van der Waals surface area contributed by atoms with E-state index < -0.39 is 0 Å². The largest absolute Gasteiger partial charge is 0.463 e. The molecule has 3 aromatic rings. The molecule has 1 aromatic carbocycles. The molecule has 1 N–H and O–H groups in total.